The number of carbonyl (C=O) groups excluding carboxylic acids is 4. The van der Waals surface area contributed by atoms with Crippen LogP contribution in [0.3, 0.4) is 0 Å². The summed E-state index contributed by atoms with van der Waals surface area (Å²) in [5, 5.41) is 13.9. The van der Waals surface area contributed by atoms with Gasteiger partial charge in [0, 0.05) is 25.6 Å². The van der Waals surface area contributed by atoms with Crippen molar-refractivity contribution < 1.29 is 42.6 Å². The summed E-state index contributed by atoms with van der Waals surface area (Å²) in [7, 11) is 1.41. The Balaban J connectivity index is 1.42. The Kier molecular flexibility index (Phi) is 7.04. The highest BCUT2D eigenvalue weighted by Crippen LogP contribution is 2.43. The number of anilines is 1. The number of likely N-dealkylation sites (N-methyl/N-ethyl adjacent to an activating group) is 1. The SMILES string of the molecule is CN(C(=O)C(CC1CC1)NC(=O)O)C(CC1CC1)C(=O)N1C[C@@]2(C[C@H]1C(N)=O)Oc1cc(F)cc(F)c1NC2=O. The van der Waals surface area contributed by atoms with Crippen molar-refractivity contribution in [2.75, 3.05) is 18.9 Å². The maximum absolute atomic E-state index is 14.3. The lowest BCUT2D eigenvalue weighted by molar-refractivity contribution is -0.148. The smallest absolute Gasteiger partial charge is 0.405 e. The molecule has 2 unspecified atom stereocenters. The predicted octanol–water partition coefficient (Wildman–Crippen LogP) is 1.18. The van der Waals surface area contributed by atoms with Gasteiger partial charge in [-0.1, -0.05) is 25.7 Å². The fourth-order valence-electron chi connectivity index (χ4n) is 5.57. The Hall–Kier alpha value is -3.97. The number of ether oxygens (including phenoxy) is 1. The third kappa shape index (κ3) is 5.39. The molecule has 5 rings (SSSR count). The molecular formula is C26H31F2N5O7. The van der Waals surface area contributed by atoms with Gasteiger partial charge in [0.05, 0.1) is 6.54 Å². The van der Waals surface area contributed by atoms with Crippen LogP contribution in [-0.2, 0) is 19.2 Å². The minimum absolute atomic E-state index is 0.147. The summed E-state index contributed by atoms with van der Waals surface area (Å²) < 4.78 is 34.0. The van der Waals surface area contributed by atoms with Crippen molar-refractivity contribution in [2.45, 2.75) is 68.7 Å². The zero-order chi connectivity index (χ0) is 28.9. The van der Waals surface area contributed by atoms with Gasteiger partial charge < -0.3 is 36.0 Å². The van der Waals surface area contributed by atoms with Crippen LogP contribution in [0.25, 0.3) is 0 Å². The summed E-state index contributed by atoms with van der Waals surface area (Å²) in [5.41, 5.74) is 3.41. The Morgan fingerprint density at radius 2 is 1.85 bits per heavy atom. The number of likely N-dealkylation sites (tertiary alicyclic amines) is 1. The molecule has 1 aromatic rings. The van der Waals surface area contributed by atoms with E-state index in [1.54, 1.807) is 0 Å². The molecule has 2 heterocycles. The molecule has 5 N–H and O–H groups in total. The number of nitrogens with one attached hydrogen (secondary N) is 2. The zero-order valence-electron chi connectivity index (χ0n) is 21.8. The van der Waals surface area contributed by atoms with Crippen molar-refractivity contribution >= 4 is 35.4 Å². The van der Waals surface area contributed by atoms with Crippen LogP contribution < -0.4 is 21.1 Å². The van der Waals surface area contributed by atoms with Gasteiger partial charge in [0.25, 0.3) is 5.91 Å². The van der Waals surface area contributed by atoms with E-state index in [1.807, 2.05) is 0 Å². The van der Waals surface area contributed by atoms with E-state index in [1.165, 1.54) is 11.9 Å². The lowest BCUT2D eigenvalue weighted by Crippen LogP contribution is -2.58. The number of hydrogen-bond acceptors (Lipinski definition) is 6. The summed E-state index contributed by atoms with van der Waals surface area (Å²) in [5.74, 6) is -4.91. The number of benzene rings is 1. The zero-order valence-corrected chi connectivity index (χ0v) is 21.8. The van der Waals surface area contributed by atoms with Crippen LogP contribution in [0.5, 0.6) is 5.75 Å². The topological polar surface area (TPSA) is 171 Å². The van der Waals surface area contributed by atoms with Crippen molar-refractivity contribution in [1.29, 1.82) is 0 Å². The van der Waals surface area contributed by atoms with Crippen LogP contribution in [0.4, 0.5) is 19.3 Å². The molecule has 0 aromatic heterocycles. The van der Waals surface area contributed by atoms with Gasteiger partial charge in [0.2, 0.25) is 23.3 Å². The Morgan fingerprint density at radius 3 is 2.45 bits per heavy atom. The van der Waals surface area contributed by atoms with Gasteiger partial charge in [-0.15, -0.1) is 0 Å². The number of halogens is 2. The Morgan fingerprint density at radius 1 is 1.20 bits per heavy atom. The van der Waals surface area contributed by atoms with Crippen molar-refractivity contribution in [3.63, 3.8) is 0 Å². The molecule has 5 amide bonds. The second kappa shape index (κ2) is 10.2. The van der Waals surface area contributed by atoms with Crippen molar-refractivity contribution in [3.8, 4) is 5.75 Å². The van der Waals surface area contributed by atoms with E-state index in [0.29, 0.717) is 12.5 Å². The fourth-order valence-corrected chi connectivity index (χ4v) is 5.57. The lowest BCUT2D eigenvalue weighted by Gasteiger charge is -2.36. The third-order valence-electron chi connectivity index (χ3n) is 8.13. The van der Waals surface area contributed by atoms with Crippen LogP contribution in [0.2, 0.25) is 0 Å². The largest absolute Gasteiger partial charge is 0.473 e. The van der Waals surface area contributed by atoms with E-state index in [0.717, 1.165) is 36.6 Å². The second-order valence-corrected chi connectivity index (χ2v) is 11.2. The molecule has 3 fully saturated rings. The maximum atomic E-state index is 14.3. The summed E-state index contributed by atoms with van der Waals surface area (Å²) >= 11 is 0. The van der Waals surface area contributed by atoms with Crippen LogP contribution in [-0.4, -0.2) is 81.9 Å². The molecule has 2 saturated carbocycles. The third-order valence-corrected chi connectivity index (χ3v) is 8.13. The summed E-state index contributed by atoms with van der Waals surface area (Å²) in [6.45, 7) is -0.453. The number of primary amides is 1. The minimum atomic E-state index is -1.85. The molecule has 40 heavy (non-hydrogen) atoms. The average molecular weight is 564 g/mol. The van der Waals surface area contributed by atoms with E-state index in [4.69, 9.17) is 10.5 Å². The van der Waals surface area contributed by atoms with Crippen LogP contribution in [0, 0.1) is 23.5 Å². The number of rotatable bonds is 9. The number of carboxylic acid groups (broad SMARTS) is 1. The predicted molar refractivity (Wildman–Crippen MR) is 134 cm³/mol. The molecule has 4 aliphatic rings. The van der Waals surface area contributed by atoms with E-state index in [-0.39, 0.29) is 36.1 Å². The van der Waals surface area contributed by atoms with E-state index >= 15 is 0 Å². The molecule has 1 aromatic carbocycles. The van der Waals surface area contributed by atoms with Crippen molar-refractivity contribution in [2.24, 2.45) is 17.6 Å². The molecule has 12 nitrogen and oxygen atoms in total. The number of fused-ring (bicyclic) bond motifs is 1. The lowest BCUT2D eigenvalue weighted by atomic mass is 9.96. The first-order valence-corrected chi connectivity index (χ1v) is 13.2. The van der Waals surface area contributed by atoms with Gasteiger partial charge in [-0.25, -0.2) is 13.6 Å². The number of amides is 5. The van der Waals surface area contributed by atoms with Gasteiger partial charge in [-0.3, -0.25) is 19.2 Å². The van der Waals surface area contributed by atoms with Crippen LogP contribution >= 0.6 is 0 Å². The molecule has 1 saturated heterocycles. The maximum Gasteiger partial charge on any atom is 0.405 e. The van der Waals surface area contributed by atoms with Gasteiger partial charge in [-0.2, -0.15) is 0 Å². The van der Waals surface area contributed by atoms with Crippen LogP contribution in [0.15, 0.2) is 12.1 Å². The number of carbonyl (C=O) groups is 5. The van der Waals surface area contributed by atoms with E-state index in [2.05, 4.69) is 10.6 Å². The first-order valence-electron chi connectivity index (χ1n) is 13.2. The number of nitrogens with two attached hydrogens (primary N) is 1. The Labute approximate surface area is 228 Å². The number of nitrogens with zero attached hydrogens (tertiary/aromatic N) is 2. The van der Waals surface area contributed by atoms with Gasteiger partial charge >= 0.3 is 6.09 Å². The molecule has 0 radical (unpaired) electrons. The van der Waals surface area contributed by atoms with Crippen molar-refractivity contribution in [3.05, 3.63) is 23.8 Å². The molecule has 216 valence electrons. The highest BCUT2D eigenvalue weighted by atomic mass is 19.1. The Bertz CT molecular complexity index is 1270. The quantitative estimate of drug-likeness (QED) is 0.349. The van der Waals surface area contributed by atoms with E-state index < -0.39 is 71.6 Å². The molecular weight excluding hydrogens is 532 g/mol. The molecule has 0 bridgehead atoms. The first-order chi connectivity index (χ1) is 18.9. The first kappa shape index (κ1) is 27.6. The standard InChI is InChI=1S/C26H31F2N5O7/c1-32(22(35)16(30-25(38)39)6-12-2-3-12)17(7-13-4-5-13)23(36)33-11-26(10-18(33)21(29)34)24(37)31-20-15(28)8-14(27)9-19(20)40-26/h8-9,12-13,16-18,30H,2-7,10-11H2,1H3,(H2,29,34)(H,31,37)(H,38,39)/t16?,17?,18-,26+/m0/s1. The minimum Gasteiger partial charge on any atom is -0.473 e. The molecule has 4 atom stereocenters. The summed E-state index contributed by atoms with van der Waals surface area (Å²) in [4.78, 5) is 66.8. The molecule has 2 aliphatic carbocycles. The highest BCUT2D eigenvalue weighted by molar-refractivity contribution is 6.03. The average Bonchev–Trinajstić information content (AvgIpc) is 3.81. The van der Waals surface area contributed by atoms with E-state index in [9.17, 15) is 37.9 Å². The second-order valence-electron chi connectivity index (χ2n) is 11.2. The van der Waals surface area contributed by atoms with Crippen molar-refractivity contribution in [1.82, 2.24) is 15.1 Å². The monoisotopic (exact) mass is 563 g/mol. The molecule has 1 spiro atoms. The van der Waals surface area contributed by atoms with Gasteiger partial charge in [-0.05, 0) is 24.7 Å². The summed E-state index contributed by atoms with van der Waals surface area (Å²) in [6.07, 6.45) is 2.30. The van der Waals surface area contributed by atoms with Gasteiger partial charge in [0.1, 0.15) is 29.6 Å². The molecule has 14 heteroatoms. The van der Waals surface area contributed by atoms with Gasteiger partial charge in [0.15, 0.2) is 11.6 Å². The number of hydrogen-bond donors (Lipinski definition) is 4. The van der Waals surface area contributed by atoms with Crippen LogP contribution in [0.1, 0.15) is 44.9 Å². The highest BCUT2D eigenvalue weighted by Gasteiger charge is 2.58. The normalized spacial score (nSPS) is 24.9. The summed E-state index contributed by atoms with van der Waals surface area (Å²) in [6, 6.07) is -1.94. The fraction of sp³-hybridized carbons (Fsp3) is 0.577. The molecule has 2 aliphatic heterocycles.